The van der Waals surface area contributed by atoms with Crippen molar-refractivity contribution < 1.29 is 13.9 Å². The highest BCUT2D eigenvalue weighted by atomic mass is 32.2. The lowest BCUT2D eigenvalue weighted by Crippen LogP contribution is -2.19. The number of methoxy groups -OCH3 is 1. The van der Waals surface area contributed by atoms with Crippen molar-refractivity contribution in [2.45, 2.75) is 17.3 Å². The molecule has 8 heteroatoms. The molecule has 0 aromatic carbocycles. The maximum atomic E-state index is 12.3. The second-order valence-electron chi connectivity index (χ2n) is 4.85. The van der Waals surface area contributed by atoms with Crippen LogP contribution in [-0.2, 0) is 11.8 Å². The van der Waals surface area contributed by atoms with Gasteiger partial charge in [-0.25, -0.2) is 9.78 Å². The number of ether oxygens (including phenoxy) is 1. The fraction of sp³-hybridized carbons (Fsp3) is 0.267. The molecule has 23 heavy (non-hydrogen) atoms. The van der Waals surface area contributed by atoms with Crippen LogP contribution in [-0.4, -0.2) is 22.6 Å². The van der Waals surface area contributed by atoms with E-state index in [9.17, 15) is 9.59 Å². The Bertz CT molecular complexity index is 925. The van der Waals surface area contributed by atoms with Gasteiger partial charge in [-0.2, -0.15) is 0 Å². The molecule has 0 spiro atoms. The second kappa shape index (κ2) is 6.21. The molecular weight excluding hydrogens is 336 g/mol. The zero-order chi connectivity index (χ0) is 16.6. The molecule has 0 aliphatic carbocycles. The highest BCUT2D eigenvalue weighted by molar-refractivity contribution is 7.99. The van der Waals surface area contributed by atoms with Crippen molar-refractivity contribution in [2.75, 3.05) is 7.11 Å². The van der Waals surface area contributed by atoms with Crippen LogP contribution in [0.5, 0.6) is 0 Å². The molecule has 1 atom stereocenters. The molecule has 3 aromatic heterocycles. The Kier molecular flexibility index (Phi) is 4.27. The number of hydrogen-bond acceptors (Lipinski definition) is 7. The SMILES string of the molecule is COC(=O)c1ccc([C@H](C)Sc2nc3ccsc3c(=O)n2C)o1. The maximum Gasteiger partial charge on any atom is 0.373 e. The van der Waals surface area contributed by atoms with Gasteiger partial charge in [-0.15, -0.1) is 11.3 Å². The monoisotopic (exact) mass is 350 g/mol. The molecule has 0 saturated carbocycles. The van der Waals surface area contributed by atoms with Gasteiger partial charge in [0.15, 0.2) is 5.16 Å². The van der Waals surface area contributed by atoms with Crippen LogP contribution >= 0.6 is 23.1 Å². The second-order valence-corrected chi connectivity index (χ2v) is 7.07. The van der Waals surface area contributed by atoms with Gasteiger partial charge in [0, 0.05) is 7.05 Å². The number of thiophene rings is 1. The zero-order valence-electron chi connectivity index (χ0n) is 12.7. The summed E-state index contributed by atoms with van der Waals surface area (Å²) < 4.78 is 12.3. The van der Waals surface area contributed by atoms with E-state index in [1.807, 2.05) is 18.4 Å². The number of aromatic nitrogens is 2. The molecule has 6 nitrogen and oxygen atoms in total. The molecule has 0 saturated heterocycles. The lowest BCUT2D eigenvalue weighted by molar-refractivity contribution is 0.0563. The first-order valence-corrected chi connectivity index (χ1v) is 8.56. The average molecular weight is 350 g/mol. The fourth-order valence-electron chi connectivity index (χ4n) is 2.07. The van der Waals surface area contributed by atoms with E-state index in [1.165, 1.54) is 34.8 Å². The van der Waals surface area contributed by atoms with Crippen LogP contribution in [0, 0.1) is 0 Å². The molecule has 3 heterocycles. The average Bonchev–Trinajstić information content (AvgIpc) is 3.20. The van der Waals surface area contributed by atoms with E-state index >= 15 is 0 Å². The molecule has 0 N–H and O–H groups in total. The van der Waals surface area contributed by atoms with Gasteiger partial charge in [0.25, 0.3) is 5.56 Å². The number of hydrogen-bond donors (Lipinski definition) is 0. The molecule has 120 valence electrons. The van der Waals surface area contributed by atoms with Gasteiger partial charge in [-0.1, -0.05) is 11.8 Å². The number of thioether (sulfide) groups is 1. The topological polar surface area (TPSA) is 74.3 Å². The van der Waals surface area contributed by atoms with E-state index < -0.39 is 5.97 Å². The van der Waals surface area contributed by atoms with Gasteiger partial charge >= 0.3 is 5.97 Å². The van der Waals surface area contributed by atoms with E-state index in [0.29, 0.717) is 21.1 Å². The summed E-state index contributed by atoms with van der Waals surface area (Å²) in [7, 11) is 3.00. The van der Waals surface area contributed by atoms with Crippen LogP contribution in [0.1, 0.15) is 28.5 Å². The number of esters is 1. The Balaban J connectivity index is 1.89. The van der Waals surface area contributed by atoms with Crippen molar-refractivity contribution in [2.24, 2.45) is 7.05 Å². The van der Waals surface area contributed by atoms with Crippen molar-refractivity contribution in [3.63, 3.8) is 0 Å². The third-order valence-corrected chi connectivity index (χ3v) is 5.40. The first kappa shape index (κ1) is 15.8. The summed E-state index contributed by atoms with van der Waals surface area (Å²) in [5, 5.41) is 2.35. The highest BCUT2D eigenvalue weighted by Gasteiger charge is 2.19. The van der Waals surface area contributed by atoms with E-state index in [1.54, 1.807) is 19.2 Å². The molecule has 3 rings (SSSR count). The molecular formula is C15H14N2O4S2. The van der Waals surface area contributed by atoms with E-state index in [-0.39, 0.29) is 16.6 Å². The third-order valence-electron chi connectivity index (χ3n) is 3.34. The molecule has 0 fully saturated rings. The maximum absolute atomic E-state index is 12.3. The van der Waals surface area contributed by atoms with Gasteiger partial charge in [0.1, 0.15) is 10.5 Å². The summed E-state index contributed by atoms with van der Waals surface area (Å²) in [6.07, 6.45) is 0. The van der Waals surface area contributed by atoms with Crippen LogP contribution in [0.25, 0.3) is 10.2 Å². The van der Waals surface area contributed by atoms with Gasteiger partial charge < -0.3 is 9.15 Å². The summed E-state index contributed by atoms with van der Waals surface area (Å²) in [6, 6.07) is 5.14. The summed E-state index contributed by atoms with van der Waals surface area (Å²) in [4.78, 5) is 28.3. The Morgan fingerprint density at radius 1 is 1.43 bits per heavy atom. The third kappa shape index (κ3) is 2.91. The Hall–Kier alpha value is -2.06. The Morgan fingerprint density at radius 3 is 2.96 bits per heavy atom. The van der Waals surface area contributed by atoms with Crippen LogP contribution in [0.3, 0.4) is 0 Å². The van der Waals surface area contributed by atoms with Gasteiger partial charge in [-0.3, -0.25) is 9.36 Å². The molecule has 0 unspecified atom stereocenters. The van der Waals surface area contributed by atoms with Crippen molar-refractivity contribution >= 4 is 39.3 Å². The first-order valence-electron chi connectivity index (χ1n) is 6.80. The largest absolute Gasteiger partial charge is 0.463 e. The minimum atomic E-state index is -0.515. The fourth-order valence-corrected chi connectivity index (χ4v) is 3.83. The van der Waals surface area contributed by atoms with Crippen molar-refractivity contribution in [3.8, 4) is 0 Å². The van der Waals surface area contributed by atoms with Crippen LogP contribution in [0.4, 0.5) is 0 Å². The minimum absolute atomic E-state index is 0.0607. The summed E-state index contributed by atoms with van der Waals surface area (Å²) in [5.74, 6) is 0.263. The molecule has 0 bridgehead atoms. The lowest BCUT2D eigenvalue weighted by Gasteiger charge is -2.11. The standard InChI is InChI=1S/C15H14N2O4S2/c1-8(10-4-5-11(21-10)14(19)20-3)23-15-16-9-6-7-22-12(9)13(18)17(15)2/h4-8H,1-3H3/t8-/m0/s1. The van der Waals surface area contributed by atoms with E-state index in [0.717, 1.165) is 0 Å². The summed E-state index contributed by atoms with van der Waals surface area (Å²) in [6.45, 7) is 1.93. The van der Waals surface area contributed by atoms with Crippen LogP contribution < -0.4 is 5.56 Å². The van der Waals surface area contributed by atoms with Gasteiger partial charge in [0.05, 0.1) is 17.9 Å². The number of fused-ring (bicyclic) bond motifs is 1. The molecule has 0 amide bonds. The van der Waals surface area contributed by atoms with Crippen molar-refractivity contribution in [1.29, 1.82) is 0 Å². The minimum Gasteiger partial charge on any atom is -0.463 e. The summed E-state index contributed by atoms with van der Waals surface area (Å²) >= 11 is 2.79. The number of carbonyl (C=O) groups excluding carboxylic acids is 1. The smallest absolute Gasteiger partial charge is 0.373 e. The molecule has 3 aromatic rings. The zero-order valence-corrected chi connectivity index (χ0v) is 14.4. The van der Waals surface area contributed by atoms with Crippen molar-refractivity contribution in [1.82, 2.24) is 9.55 Å². The number of furan rings is 1. The lowest BCUT2D eigenvalue weighted by atomic mass is 10.3. The highest BCUT2D eigenvalue weighted by Crippen LogP contribution is 2.34. The quantitative estimate of drug-likeness (QED) is 0.409. The number of carbonyl (C=O) groups is 1. The number of rotatable bonds is 4. The Morgan fingerprint density at radius 2 is 2.22 bits per heavy atom. The Labute approximate surface area is 140 Å². The molecule has 0 aliphatic rings. The van der Waals surface area contributed by atoms with E-state index in [2.05, 4.69) is 9.72 Å². The predicted octanol–water partition coefficient (Wildman–Crippen LogP) is 3.23. The van der Waals surface area contributed by atoms with Crippen LogP contribution in [0.2, 0.25) is 0 Å². The van der Waals surface area contributed by atoms with E-state index in [4.69, 9.17) is 4.42 Å². The molecule has 0 aliphatic heterocycles. The first-order chi connectivity index (χ1) is 11.0. The van der Waals surface area contributed by atoms with Crippen LogP contribution in [0.15, 0.2) is 37.9 Å². The van der Waals surface area contributed by atoms with Gasteiger partial charge in [0.2, 0.25) is 5.76 Å². The predicted molar refractivity (Wildman–Crippen MR) is 89.2 cm³/mol. The van der Waals surface area contributed by atoms with Gasteiger partial charge in [-0.05, 0) is 30.5 Å². The molecule has 0 radical (unpaired) electrons. The summed E-state index contributed by atoms with van der Waals surface area (Å²) in [5.41, 5.74) is 0.636. The van der Waals surface area contributed by atoms with Crippen molar-refractivity contribution in [3.05, 3.63) is 45.5 Å². The normalized spacial score (nSPS) is 12.5. The number of nitrogens with zero attached hydrogens (tertiary/aromatic N) is 2.